The van der Waals surface area contributed by atoms with E-state index < -0.39 is 0 Å². The Morgan fingerprint density at radius 1 is 1.00 bits per heavy atom. The summed E-state index contributed by atoms with van der Waals surface area (Å²) in [6.45, 7) is 9.25. The van der Waals surface area contributed by atoms with Gasteiger partial charge in [-0.05, 0) is 79.4 Å². The van der Waals surface area contributed by atoms with Gasteiger partial charge in [0.05, 0.1) is 6.26 Å². The zero-order valence-corrected chi connectivity index (χ0v) is 15.9. The summed E-state index contributed by atoms with van der Waals surface area (Å²) in [4.78, 5) is 12.8. The van der Waals surface area contributed by atoms with Gasteiger partial charge in [-0.1, -0.05) is 34.1 Å². The molecule has 4 aliphatic carbocycles. The lowest BCUT2D eigenvalue weighted by atomic mass is 9.41. The normalized spacial score (nSPS) is 51.8. The third kappa shape index (κ3) is 1.98. The van der Waals surface area contributed by atoms with Crippen LogP contribution in [0.15, 0.2) is 11.8 Å². The molecule has 0 heterocycles. The molecule has 0 aromatic carbocycles. The second-order valence-corrected chi connectivity index (χ2v) is 10.5. The molecule has 0 aromatic rings. The minimum absolute atomic E-state index is 0.179. The number of fused-ring (bicyclic) bond motifs is 5. The van der Waals surface area contributed by atoms with E-state index in [2.05, 4.69) is 27.7 Å². The van der Waals surface area contributed by atoms with E-state index in [1.165, 1.54) is 44.9 Å². The van der Waals surface area contributed by atoms with Gasteiger partial charge in [-0.15, -0.1) is 0 Å². The maximum absolute atomic E-state index is 12.8. The standard InChI is InChI=1S/C22H34O2/c1-20(2)18-8-7-15-16-6-5-10-21(16,3)11-9-17(15)22(18,4)12-14(13-23)19(20)24/h13,15-18,23H,5-12H2,1-4H3/b14-13-/t15-,16+,17-,18-,21+,22-/m0/s1. The molecule has 4 saturated carbocycles. The lowest BCUT2D eigenvalue weighted by molar-refractivity contribution is -0.154. The van der Waals surface area contributed by atoms with E-state index in [0.29, 0.717) is 16.9 Å². The number of rotatable bonds is 0. The van der Waals surface area contributed by atoms with Gasteiger partial charge < -0.3 is 5.11 Å². The van der Waals surface area contributed by atoms with Crippen LogP contribution >= 0.6 is 0 Å². The van der Waals surface area contributed by atoms with Crippen LogP contribution in [0.4, 0.5) is 0 Å². The van der Waals surface area contributed by atoms with E-state index in [1.807, 2.05) is 0 Å². The highest BCUT2D eigenvalue weighted by Crippen LogP contribution is 2.68. The van der Waals surface area contributed by atoms with E-state index in [-0.39, 0.29) is 16.6 Å². The molecule has 24 heavy (non-hydrogen) atoms. The van der Waals surface area contributed by atoms with E-state index in [0.717, 1.165) is 30.4 Å². The van der Waals surface area contributed by atoms with Gasteiger partial charge in [0.25, 0.3) is 0 Å². The molecule has 2 nitrogen and oxygen atoms in total. The molecule has 0 aliphatic heterocycles. The largest absolute Gasteiger partial charge is 0.515 e. The van der Waals surface area contributed by atoms with Crippen LogP contribution in [-0.4, -0.2) is 10.9 Å². The SMILES string of the molecule is CC1(C)C(=O)/C(=C\O)C[C@@]2(C)[C@H]3CC[C@@]4(C)CCC[C@@H]4[C@@H]3CC[C@@H]12. The summed E-state index contributed by atoms with van der Waals surface area (Å²) in [5.41, 5.74) is 1.11. The Balaban J connectivity index is 1.73. The Labute approximate surface area is 147 Å². The molecule has 0 saturated heterocycles. The van der Waals surface area contributed by atoms with Crippen LogP contribution in [0.5, 0.6) is 0 Å². The molecule has 0 aromatic heterocycles. The van der Waals surface area contributed by atoms with E-state index >= 15 is 0 Å². The minimum Gasteiger partial charge on any atom is -0.515 e. The Morgan fingerprint density at radius 3 is 2.46 bits per heavy atom. The van der Waals surface area contributed by atoms with Crippen LogP contribution in [0.2, 0.25) is 0 Å². The van der Waals surface area contributed by atoms with Crippen molar-refractivity contribution in [3.8, 4) is 0 Å². The molecule has 6 atom stereocenters. The molecular formula is C22H34O2. The fourth-order valence-corrected chi connectivity index (χ4v) is 8.06. The predicted molar refractivity (Wildman–Crippen MR) is 96.6 cm³/mol. The average Bonchev–Trinajstić information content (AvgIpc) is 2.93. The molecule has 1 N–H and O–H groups in total. The molecular weight excluding hydrogens is 296 g/mol. The highest BCUT2D eigenvalue weighted by atomic mass is 16.2. The number of carbonyl (C=O) groups is 1. The maximum atomic E-state index is 12.8. The van der Waals surface area contributed by atoms with Crippen LogP contribution in [0.3, 0.4) is 0 Å². The Kier molecular flexibility index (Phi) is 3.55. The quantitative estimate of drug-likeness (QED) is 0.458. The van der Waals surface area contributed by atoms with Crippen LogP contribution in [0.25, 0.3) is 0 Å². The number of aliphatic hydroxyl groups excluding tert-OH is 1. The summed E-state index contributed by atoms with van der Waals surface area (Å²) < 4.78 is 0. The first-order valence-electron chi connectivity index (χ1n) is 10.1. The van der Waals surface area contributed by atoms with Crippen LogP contribution in [0.1, 0.15) is 79.1 Å². The molecule has 4 fully saturated rings. The molecule has 0 radical (unpaired) electrons. The van der Waals surface area contributed by atoms with Gasteiger partial charge in [0.2, 0.25) is 0 Å². The Bertz CT molecular complexity index is 589. The summed E-state index contributed by atoms with van der Waals surface area (Å²) in [6.07, 6.45) is 11.4. The van der Waals surface area contributed by atoms with Crippen molar-refractivity contribution in [2.45, 2.75) is 79.1 Å². The summed E-state index contributed by atoms with van der Waals surface area (Å²) >= 11 is 0. The van der Waals surface area contributed by atoms with Crippen molar-refractivity contribution in [3.05, 3.63) is 11.8 Å². The third-order valence-corrected chi connectivity index (χ3v) is 9.13. The van der Waals surface area contributed by atoms with Crippen molar-refractivity contribution in [2.75, 3.05) is 0 Å². The van der Waals surface area contributed by atoms with Crippen molar-refractivity contribution in [1.82, 2.24) is 0 Å². The number of Topliss-reactive ketones (excluding diaryl/α,β-unsaturated/α-hetero) is 1. The first kappa shape index (κ1) is 16.7. The second-order valence-electron chi connectivity index (χ2n) is 10.5. The van der Waals surface area contributed by atoms with Crippen LogP contribution in [-0.2, 0) is 4.79 Å². The molecule has 0 bridgehead atoms. The lowest BCUT2D eigenvalue weighted by Gasteiger charge is -2.63. The third-order valence-electron chi connectivity index (χ3n) is 9.13. The fourth-order valence-electron chi connectivity index (χ4n) is 8.06. The van der Waals surface area contributed by atoms with Crippen LogP contribution in [0, 0.1) is 39.9 Å². The monoisotopic (exact) mass is 330 g/mol. The van der Waals surface area contributed by atoms with E-state index in [4.69, 9.17) is 0 Å². The molecule has 0 spiro atoms. The summed E-state index contributed by atoms with van der Waals surface area (Å²) in [5, 5.41) is 9.70. The molecule has 0 amide bonds. The smallest absolute Gasteiger partial charge is 0.167 e. The predicted octanol–water partition coefficient (Wildman–Crippen LogP) is 5.68. The van der Waals surface area contributed by atoms with Gasteiger partial charge in [-0.2, -0.15) is 0 Å². The fraction of sp³-hybridized carbons (Fsp3) is 0.864. The molecule has 4 aliphatic rings. The molecule has 0 unspecified atom stereocenters. The highest BCUT2D eigenvalue weighted by molar-refractivity contribution is 6.00. The number of hydrogen-bond donors (Lipinski definition) is 1. The Morgan fingerprint density at radius 2 is 1.75 bits per heavy atom. The Hall–Kier alpha value is -0.790. The van der Waals surface area contributed by atoms with Crippen molar-refractivity contribution in [2.24, 2.45) is 39.9 Å². The molecule has 2 heteroatoms. The van der Waals surface area contributed by atoms with Crippen LogP contribution < -0.4 is 0 Å². The van der Waals surface area contributed by atoms with Crippen molar-refractivity contribution >= 4 is 5.78 Å². The first-order chi connectivity index (χ1) is 11.2. The van der Waals surface area contributed by atoms with Crippen molar-refractivity contribution in [3.63, 3.8) is 0 Å². The van der Waals surface area contributed by atoms with Gasteiger partial charge in [0.15, 0.2) is 5.78 Å². The number of allylic oxidation sites excluding steroid dienone is 1. The maximum Gasteiger partial charge on any atom is 0.167 e. The zero-order valence-electron chi connectivity index (χ0n) is 15.9. The topological polar surface area (TPSA) is 37.3 Å². The van der Waals surface area contributed by atoms with Gasteiger partial charge in [0.1, 0.15) is 0 Å². The van der Waals surface area contributed by atoms with E-state index in [1.54, 1.807) is 0 Å². The summed E-state index contributed by atoms with van der Waals surface area (Å²) in [6, 6.07) is 0. The van der Waals surface area contributed by atoms with Gasteiger partial charge >= 0.3 is 0 Å². The minimum atomic E-state index is -0.330. The second kappa shape index (κ2) is 5.11. The zero-order chi connectivity index (χ0) is 17.3. The lowest BCUT2D eigenvalue weighted by Crippen LogP contribution is -2.58. The van der Waals surface area contributed by atoms with Crippen molar-refractivity contribution < 1.29 is 9.90 Å². The first-order valence-corrected chi connectivity index (χ1v) is 10.1. The van der Waals surface area contributed by atoms with Gasteiger partial charge in [0, 0.05) is 11.0 Å². The number of hydrogen-bond acceptors (Lipinski definition) is 2. The molecule has 4 rings (SSSR count). The van der Waals surface area contributed by atoms with E-state index in [9.17, 15) is 9.90 Å². The highest BCUT2D eigenvalue weighted by Gasteiger charge is 2.62. The summed E-state index contributed by atoms with van der Waals surface area (Å²) in [7, 11) is 0. The number of carbonyl (C=O) groups excluding carboxylic acids is 1. The van der Waals surface area contributed by atoms with Crippen molar-refractivity contribution in [1.29, 1.82) is 0 Å². The number of aliphatic hydroxyl groups is 1. The summed E-state index contributed by atoms with van der Waals surface area (Å²) in [5.74, 6) is 3.13. The van der Waals surface area contributed by atoms with Gasteiger partial charge in [-0.3, -0.25) is 4.79 Å². The molecule has 134 valence electrons. The number of ketones is 1. The van der Waals surface area contributed by atoms with Gasteiger partial charge in [-0.25, -0.2) is 0 Å². The average molecular weight is 331 g/mol.